The molecule has 5 heavy (non-hydrogen) atoms. The SMILES string of the molecule is ClOCl.[SiH4].[Zr]. The van der Waals surface area contributed by atoms with E-state index in [1.54, 1.807) is 0 Å². The molecule has 0 aliphatic carbocycles. The molecule has 0 aromatic carbocycles. The van der Waals surface area contributed by atoms with E-state index in [0.29, 0.717) is 0 Å². The molecule has 5 heteroatoms. The quantitative estimate of drug-likeness (QED) is 0.506. The Bertz CT molecular complexity index is 9.61. The molecule has 0 fully saturated rings. The van der Waals surface area contributed by atoms with Crippen LogP contribution in [0.15, 0.2) is 0 Å². The van der Waals surface area contributed by atoms with E-state index in [-0.39, 0.29) is 37.2 Å². The van der Waals surface area contributed by atoms with Gasteiger partial charge in [0.2, 0.25) is 0 Å². The molecule has 0 aromatic heterocycles. The molecule has 0 N–H and O–H groups in total. The fourth-order valence-electron chi connectivity index (χ4n) is 0. The van der Waals surface area contributed by atoms with Gasteiger partial charge in [-0.1, -0.05) is 0 Å². The second-order valence-electron chi connectivity index (χ2n) is 0.0583. The predicted molar refractivity (Wildman–Crippen MR) is 24.1 cm³/mol. The Morgan fingerprint density at radius 1 is 1.20 bits per heavy atom. The summed E-state index contributed by atoms with van der Waals surface area (Å²) in [6.07, 6.45) is 0. The van der Waals surface area contributed by atoms with Gasteiger partial charge in [0.05, 0.1) is 23.7 Å². The number of rotatable bonds is 0. The first-order chi connectivity index (χ1) is 1.41. The molecular weight excluding hydrogens is 206 g/mol. The van der Waals surface area contributed by atoms with Gasteiger partial charge < -0.3 is 0 Å². The van der Waals surface area contributed by atoms with Crippen LogP contribution in [0.4, 0.5) is 0 Å². The predicted octanol–water partition coefficient (Wildman–Crippen LogP) is -0.144. The van der Waals surface area contributed by atoms with Crippen LogP contribution in [0.2, 0.25) is 0 Å². The van der Waals surface area contributed by atoms with Gasteiger partial charge in [-0.2, -0.15) is 3.84 Å². The average molecular weight is 210 g/mol. The van der Waals surface area contributed by atoms with Crippen molar-refractivity contribution in [2.75, 3.05) is 0 Å². The van der Waals surface area contributed by atoms with Crippen molar-refractivity contribution in [2.45, 2.75) is 0 Å². The summed E-state index contributed by atoms with van der Waals surface area (Å²) in [5.41, 5.74) is 0. The maximum absolute atomic E-state index is 4.26. The average Bonchev–Trinajstić information content (AvgIpc) is 0.918. The van der Waals surface area contributed by atoms with E-state index in [0.717, 1.165) is 0 Å². The second-order valence-corrected chi connectivity index (χ2v) is 0.525. The first-order valence-electron chi connectivity index (χ1n) is 0.309. The summed E-state index contributed by atoms with van der Waals surface area (Å²) < 4.78 is 3.19. The van der Waals surface area contributed by atoms with Crippen molar-refractivity contribution >= 4 is 34.7 Å². The third kappa shape index (κ3) is 27.8. The van der Waals surface area contributed by atoms with Gasteiger partial charge in [0.1, 0.15) is 0 Å². The molecule has 0 saturated heterocycles. The zero-order chi connectivity index (χ0) is 2.71. The van der Waals surface area contributed by atoms with Gasteiger partial charge >= 0.3 is 0 Å². The van der Waals surface area contributed by atoms with Crippen LogP contribution in [-0.2, 0) is 30.0 Å². The van der Waals surface area contributed by atoms with Crippen molar-refractivity contribution in [3.8, 4) is 0 Å². The minimum Gasteiger partial charge on any atom is -0.166 e. The first kappa shape index (κ1) is 15.9. The molecule has 32 valence electrons. The molecule has 0 radical (unpaired) electrons. The second kappa shape index (κ2) is 17.4. The zero-order valence-corrected chi connectivity index (χ0v) is 5.63. The van der Waals surface area contributed by atoms with Crippen molar-refractivity contribution in [3.63, 3.8) is 0 Å². The summed E-state index contributed by atoms with van der Waals surface area (Å²) in [6.45, 7) is 0. The maximum Gasteiger partial charge on any atom is 0.0832 e. The van der Waals surface area contributed by atoms with Gasteiger partial charge in [-0.3, -0.25) is 0 Å². The van der Waals surface area contributed by atoms with Crippen molar-refractivity contribution in [1.82, 2.24) is 0 Å². The van der Waals surface area contributed by atoms with E-state index in [1.165, 1.54) is 0 Å². The van der Waals surface area contributed by atoms with E-state index in [1.807, 2.05) is 0 Å². The standard InChI is InChI=1S/Cl2O.H4Si.Zr/c1-3-2;;/h;1H4;. The van der Waals surface area contributed by atoms with Crippen LogP contribution < -0.4 is 0 Å². The van der Waals surface area contributed by atoms with Gasteiger partial charge in [-0.25, -0.2) is 0 Å². The maximum atomic E-state index is 4.26. The molecule has 1 nitrogen and oxygen atoms in total. The molecule has 0 rings (SSSR count). The molecule has 0 bridgehead atoms. The van der Waals surface area contributed by atoms with Crippen LogP contribution in [0.25, 0.3) is 0 Å². The van der Waals surface area contributed by atoms with Gasteiger partial charge in [-0.15, -0.1) is 0 Å². The third-order valence-electron chi connectivity index (χ3n) is 0. The van der Waals surface area contributed by atoms with E-state index in [9.17, 15) is 0 Å². The Kier molecular flexibility index (Phi) is 55.5. The molecule has 0 saturated carbocycles. The molecule has 0 unspecified atom stereocenters. The van der Waals surface area contributed by atoms with Gasteiger partial charge in [-0.05, 0) is 11.0 Å². The number of halogens is 2. The van der Waals surface area contributed by atoms with Crippen molar-refractivity contribution in [2.24, 2.45) is 0 Å². The molecule has 0 heterocycles. The monoisotopic (exact) mass is 208 g/mol. The van der Waals surface area contributed by atoms with E-state index in [4.69, 9.17) is 0 Å². The summed E-state index contributed by atoms with van der Waals surface area (Å²) in [5, 5.41) is 0. The van der Waals surface area contributed by atoms with Crippen LogP contribution in [0.3, 0.4) is 0 Å². The molecule has 0 atom stereocenters. The Morgan fingerprint density at radius 2 is 1.20 bits per heavy atom. The zero-order valence-electron chi connectivity index (χ0n) is 1.66. The van der Waals surface area contributed by atoms with E-state index >= 15 is 0 Å². The fourth-order valence-corrected chi connectivity index (χ4v) is 0. The van der Waals surface area contributed by atoms with Crippen molar-refractivity contribution < 1.29 is 30.0 Å². The van der Waals surface area contributed by atoms with Gasteiger partial charge in [0, 0.05) is 26.2 Å². The fraction of sp³-hybridized carbons (Fsp3) is 0. The number of hydrogen-bond donors (Lipinski definition) is 0. The number of hydrogen-bond acceptors (Lipinski definition) is 1. The molecule has 0 spiro atoms. The van der Waals surface area contributed by atoms with Crippen molar-refractivity contribution in [1.29, 1.82) is 0 Å². The normalized spacial score (nSPS) is 3.60. The largest absolute Gasteiger partial charge is 0.166 e. The minimum absolute atomic E-state index is 0. The minimum atomic E-state index is 0. The smallest absolute Gasteiger partial charge is 0.0832 e. The Morgan fingerprint density at radius 3 is 1.20 bits per heavy atom. The molecule has 0 aromatic rings. The van der Waals surface area contributed by atoms with Crippen LogP contribution in [-0.4, -0.2) is 11.0 Å². The summed E-state index contributed by atoms with van der Waals surface area (Å²) in [4.78, 5) is 0. The topological polar surface area (TPSA) is 9.23 Å². The van der Waals surface area contributed by atoms with E-state index < -0.39 is 0 Å². The van der Waals surface area contributed by atoms with Gasteiger partial charge in [0.25, 0.3) is 0 Å². The molecule has 0 aliphatic rings. The Hall–Kier alpha value is 1.64. The van der Waals surface area contributed by atoms with Crippen LogP contribution in [0.1, 0.15) is 0 Å². The molecular formula is H4Cl2OSiZr. The van der Waals surface area contributed by atoms with Crippen LogP contribution in [0, 0.1) is 0 Å². The summed E-state index contributed by atoms with van der Waals surface area (Å²) in [7, 11) is 0. The Labute approximate surface area is 64.5 Å². The van der Waals surface area contributed by atoms with Crippen LogP contribution in [0.5, 0.6) is 0 Å². The summed E-state index contributed by atoms with van der Waals surface area (Å²) in [6, 6.07) is 0. The summed E-state index contributed by atoms with van der Waals surface area (Å²) in [5.74, 6) is 0. The molecule has 0 aliphatic heterocycles. The third-order valence-corrected chi connectivity index (χ3v) is 0. The van der Waals surface area contributed by atoms with Crippen molar-refractivity contribution in [3.05, 3.63) is 0 Å². The van der Waals surface area contributed by atoms with Crippen LogP contribution >= 0.6 is 23.7 Å². The molecule has 0 amide bonds. The Balaban J connectivity index is -0.0000000200. The first-order valence-corrected chi connectivity index (χ1v) is 0.926. The summed E-state index contributed by atoms with van der Waals surface area (Å²) >= 11 is 8.53. The van der Waals surface area contributed by atoms with E-state index in [2.05, 4.69) is 27.6 Å². The van der Waals surface area contributed by atoms with Gasteiger partial charge in [0.15, 0.2) is 0 Å².